The summed E-state index contributed by atoms with van der Waals surface area (Å²) in [6.07, 6.45) is 1.19. The number of sulfonamides is 1. The van der Waals surface area contributed by atoms with Crippen LogP contribution in [0.25, 0.3) is 0 Å². The molecule has 0 amide bonds. The van der Waals surface area contributed by atoms with Gasteiger partial charge in [-0.15, -0.1) is 0 Å². The summed E-state index contributed by atoms with van der Waals surface area (Å²) in [7, 11) is -3.62. The third kappa shape index (κ3) is 3.75. The number of nitrogens with one attached hydrogen (secondary N) is 1. The van der Waals surface area contributed by atoms with Crippen molar-refractivity contribution in [1.29, 1.82) is 0 Å². The molecule has 1 aromatic carbocycles. The molecule has 2 fully saturated rings. The number of non-ortho nitro benzene ring substituents is 1. The Labute approximate surface area is 142 Å². The molecule has 134 valence electrons. The Morgan fingerprint density at radius 3 is 2.25 bits per heavy atom. The summed E-state index contributed by atoms with van der Waals surface area (Å²) in [5.74, 6) is 0. The molecule has 0 atom stereocenters. The monoisotopic (exact) mass is 357 g/mol. The van der Waals surface area contributed by atoms with Crippen LogP contribution in [0.1, 0.15) is 26.7 Å². The van der Waals surface area contributed by atoms with Gasteiger partial charge in [-0.3, -0.25) is 15.4 Å². The van der Waals surface area contributed by atoms with E-state index in [4.69, 9.17) is 4.74 Å². The van der Waals surface area contributed by atoms with Crippen molar-refractivity contribution in [2.24, 2.45) is 0 Å². The molecule has 9 heteroatoms. The van der Waals surface area contributed by atoms with Crippen LogP contribution in [0.3, 0.4) is 0 Å². The number of benzene rings is 1. The molecule has 2 aliphatic heterocycles. The molecule has 0 saturated carbocycles. The van der Waals surface area contributed by atoms with Crippen LogP contribution in [0.4, 0.5) is 5.69 Å². The van der Waals surface area contributed by atoms with Crippen molar-refractivity contribution >= 4 is 15.7 Å². The summed E-state index contributed by atoms with van der Waals surface area (Å²) >= 11 is 0. The average Bonchev–Trinajstić information content (AvgIpc) is 3.05. The number of nitro groups is 1. The predicted octanol–water partition coefficient (Wildman–Crippen LogP) is 1.72. The Hall–Kier alpha value is -1.55. The Morgan fingerprint density at radius 2 is 1.79 bits per heavy atom. The largest absolute Gasteiger partial charge is 0.359 e. The minimum absolute atomic E-state index is 0.0781. The van der Waals surface area contributed by atoms with Gasteiger partial charge in [0, 0.05) is 44.6 Å². The molecule has 24 heavy (non-hydrogen) atoms. The van der Waals surface area contributed by atoms with E-state index in [1.807, 2.05) is 13.8 Å². The van der Waals surface area contributed by atoms with E-state index in [1.165, 1.54) is 28.6 Å². The van der Waals surface area contributed by atoms with Gasteiger partial charge in [0.2, 0.25) is 10.0 Å². The second-order valence-electron chi connectivity index (χ2n) is 5.42. The van der Waals surface area contributed by atoms with Gasteiger partial charge in [-0.25, -0.2) is 8.42 Å². The summed E-state index contributed by atoms with van der Waals surface area (Å²) in [5.41, 5.74) is -0.512. The molecule has 8 nitrogen and oxygen atoms in total. The van der Waals surface area contributed by atoms with Gasteiger partial charge in [-0.1, -0.05) is 13.8 Å². The number of nitro benzene ring substituents is 1. The van der Waals surface area contributed by atoms with Gasteiger partial charge in [0.15, 0.2) is 0 Å². The summed E-state index contributed by atoms with van der Waals surface area (Å²) < 4.78 is 32.2. The first-order valence-electron chi connectivity index (χ1n) is 8.07. The molecular formula is C15H23N3O5S. The second kappa shape index (κ2) is 7.56. The van der Waals surface area contributed by atoms with Gasteiger partial charge in [0.05, 0.1) is 16.4 Å². The van der Waals surface area contributed by atoms with Gasteiger partial charge < -0.3 is 4.74 Å². The maximum Gasteiger partial charge on any atom is 0.269 e. The van der Waals surface area contributed by atoms with E-state index in [-0.39, 0.29) is 16.3 Å². The normalized spacial score (nSPS) is 20.4. The van der Waals surface area contributed by atoms with Crippen LogP contribution in [-0.2, 0) is 14.8 Å². The lowest BCUT2D eigenvalue weighted by molar-refractivity contribution is -0.384. The molecule has 3 rings (SSSR count). The molecule has 1 N–H and O–H groups in total. The maximum absolute atomic E-state index is 12.6. The number of ether oxygens (including phenoxy) is 1. The van der Waals surface area contributed by atoms with Crippen LogP contribution in [0.2, 0.25) is 0 Å². The molecule has 1 spiro atoms. The first kappa shape index (κ1) is 18.8. The van der Waals surface area contributed by atoms with Crippen LogP contribution >= 0.6 is 0 Å². The van der Waals surface area contributed by atoms with E-state index in [0.29, 0.717) is 32.5 Å². The highest BCUT2D eigenvalue weighted by atomic mass is 32.2. The van der Waals surface area contributed by atoms with E-state index in [9.17, 15) is 18.5 Å². The van der Waals surface area contributed by atoms with E-state index >= 15 is 0 Å². The molecule has 2 aliphatic rings. The highest BCUT2D eigenvalue weighted by Crippen LogP contribution is 2.30. The molecule has 0 aliphatic carbocycles. The fraction of sp³-hybridized carbons (Fsp3) is 0.600. The SMILES string of the molecule is CC.O=[N+]([O-])c1ccc(S(=O)(=O)N2CCC3(CC2)NCCO3)cc1. The number of hydrogen-bond donors (Lipinski definition) is 1. The molecular weight excluding hydrogens is 334 g/mol. The molecule has 0 bridgehead atoms. The van der Waals surface area contributed by atoms with Gasteiger partial charge in [-0.2, -0.15) is 4.31 Å². The van der Waals surface area contributed by atoms with Gasteiger partial charge in [-0.05, 0) is 12.1 Å². The molecule has 0 radical (unpaired) electrons. The standard InChI is InChI=1S/C13H17N3O5S.C2H6/c17-16(18)11-1-3-12(4-2-11)22(19,20)15-8-5-13(6-9-15)14-7-10-21-13;1-2/h1-4,14H,5-10H2;1-2H3. The van der Waals surface area contributed by atoms with Gasteiger partial charge in [0.1, 0.15) is 5.72 Å². The highest BCUT2D eigenvalue weighted by Gasteiger charge is 2.41. The third-order valence-corrected chi connectivity index (χ3v) is 6.06. The molecule has 0 unspecified atom stereocenters. The third-order valence-electron chi connectivity index (χ3n) is 4.14. The minimum atomic E-state index is -3.62. The zero-order chi connectivity index (χ0) is 17.8. The number of hydrogen-bond acceptors (Lipinski definition) is 6. The Kier molecular flexibility index (Phi) is 5.92. The molecule has 2 heterocycles. The van der Waals surface area contributed by atoms with E-state index < -0.39 is 14.9 Å². The molecule has 0 aromatic heterocycles. The lowest BCUT2D eigenvalue weighted by Crippen LogP contribution is -2.52. The molecule has 2 saturated heterocycles. The highest BCUT2D eigenvalue weighted by molar-refractivity contribution is 7.89. The van der Waals surface area contributed by atoms with Gasteiger partial charge >= 0.3 is 0 Å². The minimum Gasteiger partial charge on any atom is -0.359 e. The zero-order valence-corrected chi connectivity index (χ0v) is 14.7. The summed E-state index contributed by atoms with van der Waals surface area (Å²) in [6, 6.07) is 4.98. The lowest BCUT2D eigenvalue weighted by atomic mass is 10.0. The first-order chi connectivity index (χ1) is 11.4. The van der Waals surface area contributed by atoms with Crippen molar-refractivity contribution in [1.82, 2.24) is 9.62 Å². The van der Waals surface area contributed by atoms with E-state index in [1.54, 1.807) is 0 Å². The smallest absolute Gasteiger partial charge is 0.269 e. The van der Waals surface area contributed by atoms with Crippen molar-refractivity contribution < 1.29 is 18.1 Å². The quantitative estimate of drug-likeness (QED) is 0.653. The fourth-order valence-electron chi connectivity index (χ4n) is 2.87. The topological polar surface area (TPSA) is 102 Å². The number of rotatable bonds is 3. The fourth-order valence-corrected chi connectivity index (χ4v) is 4.32. The van der Waals surface area contributed by atoms with Gasteiger partial charge in [0.25, 0.3) is 5.69 Å². The van der Waals surface area contributed by atoms with Crippen molar-refractivity contribution in [3.8, 4) is 0 Å². The average molecular weight is 357 g/mol. The number of nitrogens with zero attached hydrogens (tertiary/aromatic N) is 2. The number of piperidine rings is 1. The maximum atomic E-state index is 12.6. The Balaban J connectivity index is 0.00000100. The second-order valence-corrected chi connectivity index (χ2v) is 7.36. The van der Waals surface area contributed by atoms with Crippen LogP contribution in [0.5, 0.6) is 0 Å². The van der Waals surface area contributed by atoms with Crippen LogP contribution in [0.15, 0.2) is 29.2 Å². The lowest BCUT2D eigenvalue weighted by Gasteiger charge is -2.37. The van der Waals surface area contributed by atoms with E-state index in [2.05, 4.69) is 5.32 Å². The summed E-state index contributed by atoms with van der Waals surface area (Å²) in [4.78, 5) is 10.2. The Bertz CT molecular complexity index is 659. The van der Waals surface area contributed by atoms with Crippen LogP contribution in [-0.4, -0.2) is 49.6 Å². The zero-order valence-electron chi connectivity index (χ0n) is 13.9. The van der Waals surface area contributed by atoms with Crippen molar-refractivity contribution in [3.05, 3.63) is 34.4 Å². The summed E-state index contributed by atoms with van der Waals surface area (Å²) in [5, 5.41) is 13.9. The van der Waals surface area contributed by atoms with Crippen molar-refractivity contribution in [2.75, 3.05) is 26.2 Å². The van der Waals surface area contributed by atoms with Crippen molar-refractivity contribution in [2.45, 2.75) is 37.3 Å². The predicted molar refractivity (Wildman–Crippen MR) is 89.1 cm³/mol. The van der Waals surface area contributed by atoms with E-state index in [0.717, 1.165) is 6.54 Å². The van der Waals surface area contributed by atoms with Crippen LogP contribution in [0, 0.1) is 10.1 Å². The molecule has 1 aromatic rings. The Morgan fingerprint density at radius 1 is 1.21 bits per heavy atom. The van der Waals surface area contributed by atoms with Crippen molar-refractivity contribution in [3.63, 3.8) is 0 Å². The summed E-state index contributed by atoms with van der Waals surface area (Å²) in [6.45, 7) is 6.17. The first-order valence-corrected chi connectivity index (χ1v) is 9.51. The van der Waals surface area contributed by atoms with Crippen LogP contribution < -0.4 is 5.32 Å².